The summed E-state index contributed by atoms with van der Waals surface area (Å²) in [6.07, 6.45) is 86.9. The molecule has 594 valence electrons. The van der Waals surface area contributed by atoms with Gasteiger partial charge >= 0.3 is 39.5 Å². The number of rotatable bonds is 74. The summed E-state index contributed by atoms with van der Waals surface area (Å²) in [6.45, 7) is 4.61. The number of unbranched alkanes of at least 4 members (excludes halogenated alkanes) is 25. The van der Waals surface area contributed by atoms with Crippen molar-refractivity contribution in [2.75, 3.05) is 39.6 Å². The highest BCUT2D eigenvalue weighted by Crippen LogP contribution is 2.45. The molecule has 0 fully saturated rings. The second kappa shape index (κ2) is 76.1. The van der Waals surface area contributed by atoms with Crippen molar-refractivity contribution in [3.63, 3.8) is 0 Å². The monoisotopic (exact) mass is 1500 g/mol. The van der Waals surface area contributed by atoms with E-state index in [1.165, 1.54) is 83.5 Å². The predicted molar refractivity (Wildman–Crippen MR) is 427 cm³/mol. The minimum atomic E-state index is -5.00. The van der Waals surface area contributed by atoms with Crippen molar-refractivity contribution in [2.24, 2.45) is 0 Å². The smallest absolute Gasteiger partial charge is 0.462 e. The lowest BCUT2D eigenvalue weighted by atomic mass is 10.1. The first-order valence-corrected chi connectivity index (χ1v) is 43.1. The van der Waals surface area contributed by atoms with Gasteiger partial charge in [-0.15, -0.1) is 0 Å². The van der Waals surface area contributed by atoms with E-state index in [2.05, 4.69) is 149 Å². The molecule has 0 saturated carbocycles. The number of carbonyl (C=O) groups excluding carboxylic acids is 4. The molecule has 3 N–H and O–H groups in total. The molecule has 0 aromatic rings. The van der Waals surface area contributed by atoms with Crippen molar-refractivity contribution in [1.29, 1.82) is 0 Å². The van der Waals surface area contributed by atoms with Gasteiger partial charge in [0.1, 0.15) is 19.3 Å². The second-order valence-electron chi connectivity index (χ2n) is 26.3. The first-order chi connectivity index (χ1) is 50.7. The lowest BCUT2D eigenvalue weighted by Gasteiger charge is -2.21. The van der Waals surface area contributed by atoms with Crippen LogP contribution in [0.15, 0.2) is 146 Å². The number of hydrogen-bond donors (Lipinski definition) is 3. The zero-order valence-corrected chi connectivity index (χ0v) is 66.7. The summed E-state index contributed by atoms with van der Waals surface area (Å²) < 4.78 is 68.5. The lowest BCUT2D eigenvalue weighted by Crippen LogP contribution is -2.30. The van der Waals surface area contributed by atoms with Gasteiger partial charge in [-0.25, -0.2) is 9.13 Å². The Kier molecular flexibility index (Phi) is 72.4. The number of allylic oxidation sites excluding steroid dienone is 24. The van der Waals surface area contributed by atoms with Gasteiger partial charge in [-0.1, -0.05) is 270 Å². The Morgan fingerprint density at radius 1 is 0.279 bits per heavy atom. The molecule has 0 aliphatic carbocycles. The molecule has 0 aromatic carbocycles. The third kappa shape index (κ3) is 75.2. The van der Waals surface area contributed by atoms with Crippen LogP contribution in [0.3, 0.4) is 0 Å². The van der Waals surface area contributed by atoms with Crippen LogP contribution in [0.25, 0.3) is 0 Å². The van der Waals surface area contributed by atoms with Crippen LogP contribution in [0.1, 0.15) is 310 Å². The molecular formula is C85H142O17P2. The third-order valence-electron chi connectivity index (χ3n) is 16.3. The van der Waals surface area contributed by atoms with E-state index < -0.39 is 97.5 Å². The Bertz CT molecular complexity index is 2540. The molecule has 0 saturated heterocycles. The molecular weight excluding hydrogens is 1350 g/mol. The molecule has 5 atom stereocenters. The second-order valence-corrected chi connectivity index (χ2v) is 29.2. The zero-order chi connectivity index (χ0) is 76.0. The van der Waals surface area contributed by atoms with E-state index in [-0.39, 0.29) is 25.7 Å². The van der Waals surface area contributed by atoms with Crippen LogP contribution < -0.4 is 0 Å². The highest BCUT2D eigenvalue weighted by Gasteiger charge is 2.30. The van der Waals surface area contributed by atoms with Gasteiger partial charge < -0.3 is 33.8 Å². The molecule has 0 rings (SSSR count). The summed E-state index contributed by atoms with van der Waals surface area (Å²) in [4.78, 5) is 73.0. The van der Waals surface area contributed by atoms with Crippen molar-refractivity contribution in [1.82, 2.24) is 0 Å². The van der Waals surface area contributed by atoms with Gasteiger partial charge in [0, 0.05) is 25.7 Å². The van der Waals surface area contributed by atoms with Gasteiger partial charge in [0.15, 0.2) is 12.2 Å². The molecule has 19 heteroatoms. The van der Waals surface area contributed by atoms with Crippen LogP contribution in [-0.2, 0) is 65.4 Å². The fourth-order valence-electron chi connectivity index (χ4n) is 10.1. The Balaban J connectivity index is 5.49. The first-order valence-electron chi connectivity index (χ1n) is 40.1. The molecule has 0 heterocycles. The molecule has 0 radical (unpaired) electrons. The minimum absolute atomic E-state index is 0.0604. The van der Waals surface area contributed by atoms with E-state index >= 15 is 0 Å². The van der Waals surface area contributed by atoms with Gasteiger partial charge in [0.2, 0.25) is 0 Å². The number of esters is 4. The van der Waals surface area contributed by atoms with E-state index in [0.29, 0.717) is 38.5 Å². The molecule has 2 unspecified atom stereocenters. The summed E-state index contributed by atoms with van der Waals surface area (Å²) in [5.41, 5.74) is 0. The van der Waals surface area contributed by atoms with Gasteiger partial charge in [-0.2, -0.15) is 0 Å². The average molecular weight is 1500 g/mol. The SMILES string of the molecule is CCCCC/C=C\C/C=C\C/C=C\C/C=C\CCCC(=O)OC[C@H](COP(=O)(O)OC[C@H](O)COP(=O)(O)OC[C@@H](COC(=O)CCC/C=C\C/C=C\C/C=C\C/C=C\CCCCC)OC(=O)CCCCCCC/C=C\C/C=C\CCCCC)OC(=O)CCCCCCC/C=C\C=C/CCCCCC. The van der Waals surface area contributed by atoms with Crippen molar-refractivity contribution in [3.05, 3.63) is 146 Å². The standard InChI is InChI=1S/C85H142O17P2/c1-5-9-13-17-21-25-29-33-37-39-43-45-49-53-57-61-65-69-82(87)95-75-80(101-84(89)71-67-63-59-55-51-47-41-35-31-27-23-19-15-11-7-3)77-99-103(91,92)97-73-79(86)74-98-104(93,94)100-78-81(102-85(90)72-68-64-60-56-52-48-42-36-32-28-24-20-16-12-8-4)76-96-83(88)70-66-62-58-54-50-46-44-40-38-34-30-26-22-18-14-10-6-2/h21-23,25-28,32-38,41-46,53-54,57-58,79-81,86H,5-20,24,29-31,39-40,47-52,55-56,59-78H2,1-4H3,(H,91,92)(H,93,94)/b25-21-,26-22-,27-23-,32-28-,37-33-,38-34-,41-35-,42-36-,45-43-,46-44-,57-53-,58-54-/t79-,80-,81-/m1/s1. The maximum Gasteiger partial charge on any atom is 0.472 e. The van der Waals surface area contributed by atoms with Crippen LogP contribution in [0.5, 0.6) is 0 Å². The fraction of sp³-hybridized carbons (Fsp3) is 0.671. The molecule has 0 aromatic heterocycles. The quantitative estimate of drug-likeness (QED) is 0.0128. The molecule has 0 bridgehead atoms. The number of aliphatic hydroxyl groups excluding tert-OH is 1. The minimum Gasteiger partial charge on any atom is -0.462 e. The third-order valence-corrected chi connectivity index (χ3v) is 18.2. The van der Waals surface area contributed by atoms with Crippen LogP contribution in [0.4, 0.5) is 0 Å². The summed E-state index contributed by atoms with van der Waals surface area (Å²) in [5.74, 6) is -2.34. The summed E-state index contributed by atoms with van der Waals surface area (Å²) in [6, 6.07) is 0. The van der Waals surface area contributed by atoms with Crippen LogP contribution in [-0.4, -0.2) is 96.7 Å². The van der Waals surface area contributed by atoms with Crippen LogP contribution >= 0.6 is 15.6 Å². The van der Waals surface area contributed by atoms with Crippen LogP contribution in [0, 0.1) is 0 Å². The summed E-state index contributed by atoms with van der Waals surface area (Å²) >= 11 is 0. The number of phosphoric acid groups is 2. The van der Waals surface area contributed by atoms with E-state index in [1.54, 1.807) is 0 Å². The maximum atomic E-state index is 13.1. The Labute approximate surface area is 630 Å². The molecule has 0 aliphatic heterocycles. The molecule has 0 spiro atoms. The number of carbonyl (C=O) groups is 4. The summed E-state index contributed by atoms with van der Waals surface area (Å²) in [7, 11) is -10.0. The Hall–Kier alpha value is -5.06. The van der Waals surface area contributed by atoms with E-state index in [1.807, 2.05) is 24.3 Å². The van der Waals surface area contributed by atoms with Gasteiger partial charge in [0.25, 0.3) is 0 Å². The number of hydrogen-bond acceptors (Lipinski definition) is 15. The first kappa shape index (κ1) is 98.9. The highest BCUT2D eigenvalue weighted by atomic mass is 31.2. The van der Waals surface area contributed by atoms with E-state index in [0.717, 1.165) is 135 Å². The predicted octanol–water partition coefficient (Wildman–Crippen LogP) is 23.4. The summed E-state index contributed by atoms with van der Waals surface area (Å²) in [5, 5.41) is 10.6. The normalized spacial score (nSPS) is 14.6. The zero-order valence-electron chi connectivity index (χ0n) is 64.9. The Morgan fingerprint density at radius 2 is 0.510 bits per heavy atom. The van der Waals surface area contributed by atoms with Crippen molar-refractivity contribution < 1.29 is 80.2 Å². The molecule has 0 aliphatic rings. The number of aliphatic hydroxyl groups is 1. The number of phosphoric ester groups is 2. The van der Waals surface area contributed by atoms with Crippen LogP contribution in [0.2, 0.25) is 0 Å². The average Bonchev–Trinajstić information content (AvgIpc) is 0.937. The topological polar surface area (TPSA) is 237 Å². The fourth-order valence-corrected chi connectivity index (χ4v) is 11.7. The molecule has 0 amide bonds. The van der Waals surface area contributed by atoms with Crippen molar-refractivity contribution >= 4 is 39.5 Å². The largest absolute Gasteiger partial charge is 0.472 e. The maximum absolute atomic E-state index is 13.1. The van der Waals surface area contributed by atoms with Crippen molar-refractivity contribution in [3.8, 4) is 0 Å². The lowest BCUT2D eigenvalue weighted by molar-refractivity contribution is -0.161. The van der Waals surface area contributed by atoms with Crippen molar-refractivity contribution in [2.45, 2.75) is 329 Å². The van der Waals surface area contributed by atoms with Gasteiger partial charge in [0.05, 0.1) is 26.4 Å². The van der Waals surface area contributed by atoms with Gasteiger partial charge in [-0.3, -0.25) is 37.3 Å². The molecule has 17 nitrogen and oxygen atoms in total. The Morgan fingerprint density at radius 3 is 0.827 bits per heavy atom. The van der Waals surface area contributed by atoms with E-state index in [4.69, 9.17) is 37.0 Å². The molecule has 104 heavy (non-hydrogen) atoms. The highest BCUT2D eigenvalue weighted by molar-refractivity contribution is 7.47. The number of ether oxygens (including phenoxy) is 4. The van der Waals surface area contributed by atoms with Gasteiger partial charge in [-0.05, 0) is 161 Å². The van der Waals surface area contributed by atoms with E-state index in [9.17, 15) is 43.2 Å².